The Kier molecular flexibility index (Phi) is 4.89. The molecule has 18 heavy (non-hydrogen) atoms. The summed E-state index contributed by atoms with van der Waals surface area (Å²) >= 11 is 0. The molecule has 0 aromatic carbocycles. The summed E-state index contributed by atoms with van der Waals surface area (Å²) < 4.78 is 0. The quantitative estimate of drug-likeness (QED) is 0.450. The molecule has 100 valence electrons. The lowest BCUT2D eigenvalue weighted by Crippen LogP contribution is -2.40. The molecule has 2 saturated carbocycles. The average Bonchev–Trinajstić information content (AvgIpc) is 2.35. The van der Waals surface area contributed by atoms with Gasteiger partial charge < -0.3 is 0 Å². The lowest BCUT2D eigenvalue weighted by Gasteiger charge is -2.48. The van der Waals surface area contributed by atoms with Crippen molar-refractivity contribution in [1.29, 1.82) is 0 Å². The Bertz CT molecular complexity index is 321. The van der Waals surface area contributed by atoms with Crippen molar-refractivity contribution in [3.05, 3.63) is 31.0 Å². The molecular formula is C18H28. The highest BCUT2D eigenvalue weighted by Gasteiger charge is 2.42. The maximum absolute atomic E-state index is 4.05. The minimum absolute atomic E-state index is 0.659. The first-order valence-electron chi connectivity index (χ1n) is 7.74. The third-order valence-electron chi connectivity index (χ3n) is 5.50. The third kappa shape index (κ3) is 2.81. The van der Waals surface area contributed by atoms with E-state index >= 15 is 0 Å². The molecule has 0 saturated heterocycles. The van der Waals surface area contributed by atoms with E-state index in [1.54, 1.807) is 0 Å². The topological polar surface area (TPSA) is 0 Å². The second kappa shape index (κ2) is 6.43. The molecule has 0 bridgehead atoms. The number of hydrogen-bond donors (Lipinski definition) is 0. The van der Waals surface area contributed by atoms with E-state index < -0.39 is 0 Å². The van der Waals surface area contributed by atoms with Gasteiger partial charge in [-0.15, -0.1) is 12.3 Å². The summed E-state index contributed by atoms with van der Waals surface area (Å²) in [6.45, 7) is 10.2. The van der Waals surface area contributed by atoms with Crippen molar-refractivity contribution >= 4 is 0 Å². The molecule has 0 spiro atoms. The fraction of sp³-hybridized carbons (Fsp3) is 0.722. The normalized spacial score (nSPS) is 37.2. The molecular weight excluding hydrogens is 216 g/mol. The smallest absolute Gasteiger partial charge is 0.0164 e. The molecule has 0 amide bonds. The second-order valence-electron chi connectivity index (χ2n) is 6.37. The predicted molar refractivity (Wildman–Crippen MR) is 79.4 cm³/mol. The molecule has 2 rings (SSSR count). The van der Waals surface area contributed by atoms with Gasteiger partial charge in [-0.25, -0.2) is 0 Å². The van der Waals surface area contributed by atoms with Crippen LogP contribution in [0.4, 0.5) is 0 Å². The summed E-state index contributed by atoms with van der Waals surface area (Å²) in [5.41, 5.74) is 2.92. The molecule has 0 aromatic heterocycles. The Labute approximate surface area is 113 Å². The third-order valence-corrected chi connectivity index (χ3v) is 5.50. The van der Waals surface area contributed by atoms with Crippen molar-refractivity contribution < 1.29 is 0 Å². The van der Waals surface area contributed by atoms with Gasteiger partial charge in [-0.3, -0.25) is 0 Å². The highest BCUT2D eigenvalue weighted by atomic mass is 14.5. The van der Waals surface area contributed by atoms with Gasteiger partial charge in [-0.2, -0.15) is 0 Å². The largest absolute Gasteiger partial charge is 0.133 e. The lowest BCUT2D eigenvalue weighted by atomic mass is 9.57. The maximum atomic E-state index is 4.05. The lowest BCUT2D eigenvalue weighted by molar-refractivity contribution is 0.0239. The first-order chi connectivity index (χ1) is 8.77. The van der Waals surface area contributed by atoms with Gasteiger partial charge in [0, 0.05) is 0 Å². The average molecular weight is 244 g/mol. The summed E-state index contributed by atoms with van der Waals surface area (Å²) in [6, 6.07) is 0. The highest BCUT2D eigenvalue weighted by molar-refractivity contribution is 4.99. The molecule has 5 atom stereocenters. The minimum atomic E-state index is 0.659. The van der Waals surface area contributed by atoms with E-state index in [4.69, 9.17) is 0 Å². The summed E-state index contributed by atoms with van der Waals surface area (Å²) in [4.78, 5) is 0. The second-order valence-corrected chi connectivity index (χ2v) is 6.37. The van der Waals surface area contributed by atoms with Crippen molar-refractivity contribution in [1.82, 2.24) is 0 Å². The first-order valence-corrected chi connectivity index (χ1v) is 7.74. The Hall–Kier alpha value is -0.740. The van der Waals surface area contributed by atoms with Crippen LogP contribution in [-0.4, -0.2) is 0 Å². The van der Waals surface area contributed by atoms with Crippen LogP contribution in [0.1, 0.15) is 51.9 Å². The van der Waals surface area contributed by atoms with E-state index in [9.17, 15) is 0 Å². The SMILES string of the molecule is C=C=CC[C@@H](C=C)C1CCC1C1CCCCC1C. The fourth-order valence-corrected chi connectivity index (χ4v) is 4.26. The van der Waals surface area contributed by atoms with Crippen LogP contribution in [0.15, 0.2) is 31.0 Å². The van der Waals surface area contributed by atoms with Gasteiger partial charge in [0.05, 0.1) is 0 Å². The van der Waals surface area contributed by atoms with Crippen molar-refractivity contribution in [2.75, 3.05) is 0 Å². The molecule has 0 nitrogen and oxygen atoms in total. The first kappa shape index (κ1) is 13.7. The minimum Gasteiger partial charge on any atom is -0.133 e. The van der Waals surface area contributed by atoms with E-state index in [1.165, 1.54) is 38.5 Å². The van der Waals surface area contributed by atoms with E-state index in [2.05, 4.69) is 38.0 Å². The van der Waals surface area contributed by atoms with E-state index in [0.29, 0.717) is 5.92 Å². The molecule has 0 N–H and O–H groups in total. The van der Waals surface area contributed by atoms with Crippen LogP contribution in [0.25, 0.3) is 0 Å². The summed E-state index contributed by atoms with van der Waals surface area (Å²) in [7, 11) is 0. The van der Waals surface area contributed by atoms with Gasteiger partial charge in [-0.05, 0) is 61.3 Å². The predicted octanol–water partition coefficient (Wildman–Crippen LogP) is 5.37. The Morgan fingerprint density at radius 3 is 2.50 bits per heavy atom. The molecule has 4 unspecified atom stereocenters. The number of rotatable bonds is 5. The van der Waals surface area contributed by atoms with Crippen LogP contribution in [0, 0.1) is 29.6 Å². The van der Waals surface area contributed by atoms with Crippen molar-refractivity contribution in [2.24, 2.45) is 29.6 Å². The van der Waals surface area contributed by atoms with Crippen LogP contribution in [0.5, 0.6) is 0 Å². The number of allylic oxidation sites excluding steroid dienone is 2. The van der Waals surface area contributed by atoms with E-state index in [0.717, 1.165) is 30.1 Å². The molecule has 0 heteroatoms. The van der Waals surface area contributed by atoms with Crippen LogP contribution >= 0.6 is 0 Å². The zero-order valence-electron chi connectivity index (χ0n) is 11.9. The maximum Gasteiger partial charge on any atom is -0.0164 e. The summed E-state index contributed by atoms with van der Waals surface area (Å²) in [6.07, 6.45) is 14.1. The highest BCUT2D eigenvalue weighted by Crippen LogP contribution is 2.51. The monoisotopic (exact) mass is 244 g/mol. The van der Waals surface area contributed by atoms with Crippen LogP contribution in [0.2, 0.25) is 0 Å². The fourth-order valence-electron chi connectivity index (χ4n) is 4.26. The van der Waals surface area contributed by atoms with Crippen molar-refractivity contribution in [3.63, 3.8) is 0 Å². The van der Waals surface area contributed by atoms with E-state index in [1.807, 2.05) is 0 Å². The van der Waals surface area contributed by atoms with Crippen molar-refractivity contribution in [3.8, 4) is 0 Å². The zero-order valence-corrected chi connectivity index (χ0v) is 11.9. The molecule has 2 fully saturated rings. The van der Waals surface area contributed by atoms with Gasteiger partial charge in [-0.1, -0.05) is 38.8 Å². The zero-order chi connectivity index (χ0) is 13.0. The Morgan fingerprint density at radius 2 is 1.94 bits per heavy atom. The summed E-state index contributed by atoms with van der Waals surface area (Å²) in [5.74, 6) is 4.46. The van der Waals surface area contributed by atoms with Crippen LogP contribution in [-0.2, 0) is 0 Å². The van der Waals surface area contributed by atoms with Gasteiger partial charge in [0.15, 0.2) is 0 Å². The van der Waals surface area contributed by atoms with E-state index in [-0.39, 0.29) is 0 Å². The number of hydrogen-bond acceptors (Lipinski definition) is 0. The van der Waals surface area contributed by atoms with Crippen molar-refractivity contribution in [2.45, 2.75) is 51.9 Å². The molecule has 2 aliphatic carbocycles. The molecule has 0 heterocycles. The Balaban J connectivity index is 1.97. The van der Waals surface area contributed by atoms with Gasteiger partial charge in [0.25, 0.3) is 0 Å². The van der Waals surface area contributed by atoms with Crippen LogP contribution < -0.4 is 0 Å². The van der Waals surface area contributed by atoms with Gasteiger partial charge in [0.2, 0.25) is 0 Å². The summed E-state index contributed by atoms with van der Waals surface area (Å²) in [5, 5.41) is 0. The van der Waals surface area contributed by atoms with Gasteiger partial charge in [0.1, 0.15) is 0 Å². The standard InChI is InChI=1S/C18H28/c1-4-6-10-15(5-2)17-12-13-18(17)16-11-8-7-9-14(16)3/h5-6,14-18H,1-2,7-13H2,3H3/t14?,15-,16?,17?,18?/m1/s1. The molecule has 2 aliphatic rings. The van der Waals surface area contributed by atoms with Crippen LogP contribution in [0.3, 0.4) is 0 Å². The molecule has 0 aromatic rings. The molecule has 0 radical (unpaired) electrons. The molecule has 0 aliphatic heterocycles. The van der Waals surface area contributed by atoms with Gasteiger partial charge >= 0.3 is 0 Å². The Morgan fingerprint density at radius 1 is 1.17 bits per heavy atom.